The Morgan fingerprint density at radius 3 is 3.00 bits per heavy atom. The quantitative estimate of drug-likeness (QED) is 0.754. The number of anilines is 1. The standard InChI is InChI=1S/C16H16FN5O2/c1-11(8-22-10-18-9-19-22)20-16(23)21-14-7-12(4-5-13(14)17)15-3-2-6-24-15/h2-7,9-11H,8H2,1H3,(H2,20,21,23)/t11-/m1/s1. The van der Waals surface area contributed by atoms with Crippen molar-refractivity contribution in [1.29, 1.82) is 0 Å². The van der Waals surface area contributed by atoms with Gasteiger partial charge >= 0.3 is 6.03 Å². The largest absolute Gasteiger partial charge is 0.464 e. The highest BCUT2D eigenvalue weighted by molar-refractivity contribution is 5.90. The van der Waals surface area contributed by atoms with Crippen LogP contribution in [0.4, 0.5) is 14.9 Å². The molecule has 0 aliphatic carbocycles. The molecule has 24 heavy (non-hydrogen) atoms. The van der Waals surface area contributed by atoms with Gasteiger partial charge in [-0.25, -0.2) is 14.2 Å². The number of nitrogens with zero attached hydrogens (tertiary/aromatic N) is 3. The zero-order chi connectivity index (χ0) is 16.9. The number of amides is 2. The second-order valence-electron chi connectivity index (χ2n) is 5.29. The molecule has 124 valence electrons. The second kappa shape index (κ2) is 6.95. The number of hydrogen-bond acceptors (Lipinski definition) is 4. The molecule has 0 saturated heterocycles. The average Bonchev–Trinajstić information content (AvgIpc) is 3.22. The first-order chi connectivity index (χ1) is 11.6. The van der Waals surface area contributed by atoms with Crippen molar-refractivity contribution in [3.63, 3.8) is 0 Å². The van der Waals surface area contributed by atoms with Gasteiger partial charge < -0.3 is 15.1 Å². The van der Waals surface area contributed by atoms with Crippen LogP contribution in [0.2, 0.25) is 0 Å². The number of nitrogens with one attached hydrogen (secondary N) is 2. The topological polar surface area (TPSA) is 85.0 Å². The SMILES string of the molecule is C[C@H](Cn1cncn1)NC(=O)Nc1cc(-c2ccco2)ccc1F. The second-order valence-corrected chi connectivity index (χ2v) is 5.29. The van der Waals surface area contributed by atoms with Crippen molar-refractivity contribution in [2.75, 3.05) is 5.32 Å². The third kappa shape index (κ3) is 3.78. The van der Waals surface area contributed by atoms with Crippen LogP contribution < -0.4 is 10.6 Å². The molecule has 8 heteroatoms. The summed E-state index contributed by atoms with van der Waals surface area (Å²) in [5, 5.41) is 9.20. The molecule has 0 bridgehead atoms. The van der Waals surface area contributed by atoms with Crippen LogP contribution in [0.15, 0.2) is 53.7 Å². The fourth-order valence-corrected chi connectivity index (χ4v) is 2.25. The Labute approximate surface area is 137 Å². The van der Waals surface area contributed by atoms with E-state index in [1.165, 1.54) is 24.7 Å². The van der Waals surface area contributed by atoms with Gasteiger partial charge in [-0.15, -0.1) is 0 Å². The van der Waals surface area contributed by atoms with E-state index in [0.717, 1.165) is 0 Å². The van der Waals surface area contributed by atoms with E-state index in [1.54, 1.807) is 29.2 Å². The summed E-state index contributed by atoms with van der Waals surface area (Å²) in [6.07, 6.45) is 4.51. The lowest BCUT2D eigenvalue weighted by atomic mass is 10.1. The highest BCUT2D eigenvalue weighted by Crippen LogP contribution is 2.25. The third-order valence-electron chi connectivity index (χ3n) is 3.33. The van der Waals surface area contributed by atoms with Gasteiger partial charge in [0.25, 0.3) is 0 Å². The van der Waals surface area contributed by atoms with Crippen molar-refractivity contribution in [3.8, 4) is 11.3 Å². The lowest BCUT2D eigenvalue weighted by Crippen LogP contribution is -2.38. The summed E-state index contributed by atoms with van der Waals surface area (Å²) < 4.78 is 20.8. The van der Waals surface area contributed by atoms with Crippen molar-refractivity contribution in [2.24, 2.45) is 0 Å². The molecule has 2 N–H and O–H groups in total. The Hall–Kier alpha value is -3.16. The number of hydrogen-bond donors (Lipinski definition) is 2. The molecule has 2 amide bonds. The Morgan fingerprint density at radius 1 is 1.42 bits per heavy atom. The zero-order valence-electron chi connectivity index (χ0n) is 12.9. The van der Waals surface area contributed by atoms with Crippen LogP contribution >= 0.6 is 0 Å². The first kappa shape index (κ1) is 15.7. The molecule has 3 aromatic rings. The van der Waals surface area contributed by atoms with Crippen molar-refractivity contribution in [1.82, 2.24) is 20.1 Å². The summed E-state index contributed by atoms with van der Waals surface area (Å²) in [6.45, 7) is 2.28. The number of aromatic nitrogens is 3. The summed E-state index contributed by atoms with van der Waals surface area (Å²) in [7, 11) is 0. The molecule has 0 radical (unpaired) electrons. The fraction of sp³-hybridized carbons (Fsp3) is 0.188. The van der Waals surface area contributed by atoms with Crippen LogP contribution in [0, 0.1) is 5.82 Å². The van der Waals surface area contributed by atoms with Crippen LogP contribution in [-0.4, -0.2) is 26.8 Å². The number of carbonyl (C=O) groups excluding carboxylic acids is 1. The third-order valence-corrected chi connectivity index (χ3v) is 3.33. The average molecular weight is 329 g/mol. The summed E-state index contributed by atoms with van der Waals surface area (Å²) in [6, 6.07) is 7.19. The van der Waals surface area contributed by atoms with E-state index < -0.39 is 11.8 Å². The number of rotatable bonds is 5. The minimum Gasteiger partial charge on any atom is -0.464 e. The van der Waals surface area contributed by atoms with Crippen molar-refractivity contribution in [2.45, 2.75) is 19.5 Å². The molecule has 7 nitrogen and oxygen atoms in total. The van der Waals surface area contributed by atoms with Crippen LogP contribution in [0.5, 0.6) is 0 Å². The summed E-state index contributed by atoms with van der Waals surface area (Å²) >= 11 is 0. The molecular formula is C16H16FN5O2. The predicted octanol–water partition coefficient (Wildman–Crippen LogP) is 2.89. The molecule has 2 heterocycles. The van der Waals surface area contributed by atoms with E-state index in [1.807, 2.05) is 6.92 Å². The minimum absolute atomic E-state index is 0.0781. The van der Waals surface area contributed by atoms with Gasteiger partial charge in [0.2, 0.25) is 0 Å². The van der Waals surface area contributed by atoms with Crippen molar-refractivity contribution in [3.05, 3.63) is 55.1 Å². The zero-order valence-corrected chi connectivity index (χ0v) is 12.9. The van der Waals surface area contributed by atoms with Gasteiger partial charge in [-0.3, -0.25) is 4.68 Å². The van der Waals surface area contributed by atoms with E-state index in [4.69, 9.17) is 4.42 Å². The number of carbonyl (C=O) groups is 1. The molecule has 0 saturated carbocycles. The van der Waals surface area contributed by atoms with Gasteiger partial charge in [0.15, 0.2) is 0 Å². The molecule has 0 spiro atoms. The fourth-order valence-electron chi connectivity index (χ4n) is 2.25. The van der Waals surface area contributed by atoms with E-state index >= 15 is 0 Å². The maximum absolute atomic E-state index is 13.9. The first-order valence-corrected chi connectivity index (χ1v) is 7.35. The molecule has 1 aromatic carbocycles. The Balaban J connectivity index is 1.64. The van der Waals surface area contributed by atoms with E-state index in [0.29, 0.717) is 17.9 Å². The maximum Gasteiger partial charge on any atom is 0.319 e. The smallest absolute Gasteiger partial charge is 0.319 e. The lowest BCUT2D eigenvalue weighted by molar-refractivity contribution is 0.247. The highest BCUT2D eigenvalue weighted by Gasteiger charge is 2.12. The highest BCUT2D eigenvalue weighted by atomic mass is 19.1. The summed E-state index contributed by atoms with van der Waals surface area (Å²) in [5.41, 5.74) is 0.752. The van der Waals surface area contributed by atoms with E-state index in [9.17, 15) is 9.18 Å². The lowest BCUT2D eigenvalue weighted by Gasteiger charge is -2.15. The van der Waals surface area contributed by atoms with Crippen LogP contribution in [-0.2, 0) is 6.54 Å². The minimum atomic E-state index is -0.524. The van der Waals surface area contributed by atoms with Crippen molar-refractivity contribution >= 4 is 11.7 Å². The van der Waals surface area contributed by atoms with E-state index in [-0.39, 0.29) is 11.7 Å². The van der Waals surface area contributed by atoms with E-state index in [2.05, 4.69) is 20.7 Å². The number of benzene rings is 1. The molecule has 3 rings (SSSR count). The number of halogens is 1. The van der Waals surface area contributed by atoms with Crippen LogP contribution in [0.1, 0.15) is 6.92 Å². The van der Waals surface area contributed by atoms with Crippen LogP contribution in [0.3, 0.4) is 0 Å². The van der Waals surface area contributed by atoms with Gasteiger partial charge in [0.1, 0.15) is 24.2 Å². The monoisotopic (exact) mass is 329 g/mol. The first-order valence-electron chi connectivity index (χ1n) is 7.35. The molecule has 0 aliphatic rings. The van der Waals surface area contributed by atoms with Gasteiger partial charge in [-0.2, -0.15) is 5.10 Å². The molecule has 0 fully saturated rings. The number of furan rings is 1. The Bertz CT molecular complexity index is 802. The van der Waals surface area contributed by atoms with Gasteiger partial charge in [-0.05, 0) is 37.3 Å². The normalized spacial score (nSPS) is 11.9. The molecule has 1 atom stereocenters. The maximum atomic E-state index is 13.9. The Morgan fingerprint density at radius 2 is 2.29 bits per heavy atom. The van der Waals surface area contributed by atoms with Crippen molar-refractivity contribution < 1.29 is 13.6 Å². The molecule has 2 aromatic heterocycles. The Kier molecular flexibility index (Phi) is 4.55. The predicted molar refractivity (Wildman–Crippen MR) is 85.7 cm³/mol. The molecular weight excluding hydrogens is 313 g/mol. The number of urea groups is 1. The molecule has 0 aliphatic heterocycles. The van der Waals surface area contributed by atoms with Gasteiger partial charge in [0.05, 0.1) is 18.5 Å². The summed E-state index contributed by atoms with van der Waals surface area (Å²) in [5.74, 6) is 0.0717. The molecule has 0 unspecified atom stereocenters. The summed E-state index contributed by atoms with van der Waals surface area (Å²) in [4.78, 5) is 15.9. The van der Waals surface area contributed by atoms with Gasteiger partial charge in [-0.1, -0.05) is 0 Å². The van der Waals surface area contributed by atoms with Gasteiger partial charge in [0, 0.05) is 11.6 Å². The van der Waals surface area contributed by atoms with Crippen LogP contribution in [0.25, 0.3) is 11.3 Å².